The smallest absolute Gasteiger partial charge is 0.345 e. The molecule has 1 aliphatic rings. The number of aliphatic hydroxyl groups excluding tert-OH is 3. The molecule has 3 rings (SSSR count). The van der Waals surface area contributed by atoms with Gasteiger partial charge in [0.2, 0.25) is 0 Å². The standard InChI is InChI=1S/C15H17N3O5S2/c19-6-9-10(20)11(21)14(23-9)18-15(22)16-12(24)13(17-18)25-7-8-4-2-1-3-5-8/h1-5,9-11,14,19-21H,6-7H2,(H,16,22,24)/t9-,10+,11-,14+/m0/s1. The van der Waals surface area contributed by atoms with Gasteiger partial charge in [0.05, 0.1) is 6.61 Å². The van der Waals surface area contributed by atoms with E-state index < -0.39 is 36.8 Å². The second-order valence-electron chi connectivity index (χ2n) is 5.51. The van der Waals surface area contributed by atoms with Gasteiger partial charge in [-0.2, -0.15) is 9.78 Å². The Morgan fingerprint density at radius 3 is 2.64 bits per heavy atom. The van der Waals surface area contributed by atoms with Gasteiger partial charge in [0, 0.05) is 5.75 Å². The van der Waals surface area contributed by atoms with Crippen LogP contribution < -0.4 is 5.69 Å². The highest BCUT2D eigenvalue weighted by atomic mass is 32.2. The first-order valence-corrected chi connectivity index (χ1v) is 8.93. The van der Waals surface area contributed by atoms with Crippen LogP contribution in [0, 0.1) is 4.64 Å². The fourth-order valence-corrected chi connectivity index (χ4v) is 3.60. The molecule has 10 heteroatoms. The molecule has 0 unspecified atom stereocenters. The van der Waals surface area contributed by atoms with E-state index in [1.807, 2.05) is 30.3 Å². The van der Waals surface area contributed by atoms with Crippen LogP contribution in [0.2, 0.25) is 0 Å². The Morgan fingerprint density at radius 2 is 2.00 bits per heavy atom. The molecule has 25 heavy (non-hydrogen) atoms. The van der Waals surface area contributed by atoms with Gasteiger partial charge < -0.3 is 20.1 Å². The minimum atomic E-state index is -1.39. The summed E-state index contributed by atoms with van der Waals surface area (Å²) in [4.78, 5) is 14.6. The van der Waals surface area contributed by atoms with Gasteiger partial charge in [-0.3, -0.25) is 4.98 Å². The predicted molar refractivity (Wildman–Crippen MR) is 92.7 cm³/mol. The van der Waals surface area contributed by atoms with Crippen molar-refractivity contribution in [2.24, 2.45) is 0 Å². The van der Waals surface area contributed by atoms with E-state index in [9.17, 15) is 15.0 Å². The number of aliphatic hydroxyl groups is 3. The maximum Gasteiger partial charge on any atom is 0.345 e. The van der Waals surface area contributed by atoms with Crippen LogP contribution in [-0.4, -0.2) is 55.0 Å². The van der Waals surface area contributed by atoms with Crippen LogP contribution in [0.4, 0.5) is 0 Å². The summed E-state index contributed by atoms with van der Waals surface area (Å²) in [5.41, 5.74) is 0.401. The predicted octanol–water partition coefficient (Wildman–Crippen LogP) is 0.205. The van der Waals surface area contributed by atoms with Crippen LogP contribution in [0.5, 0.6) is 0 Å². The van der Waals surface area contributed by atoms with Crippen molar-refractivity contribution < 1.29 is 20.1 Å². The van der Waals surface area contributed by atoms with Crippen molar-refractivity contribution in [3.63, 3.8) is 0 Å². The molecule has 1 aromatic heterocycles. The largest absolute Gasteiger partial charge is 0.394 e. The van der Waals surface area contributed by atoms with Gasteiger partial charge in [-0.25, -0.2) is 4.79 Å². The van der Waals surface area contributed by atoms with Gasteiger partial charge in [0.1, 0.15) is 23.0 Å². The number of hydrogen-bond donors (Lipinski definition) is 4. The van der Waals surface area contributed by atoms with Gasteiger partial charge in [-0.05, 0) is 5.56 Å². The van der Waals surface area contributed by atoms with Crippen molar-refractivity contribution in [1.82, 2.24) is 14.8 Å². The van der Waals surface area contributed by atoms with Crippen molar-refractivity contribution >= 4 is 24.0 Å². The first-order valence-electron chi connectivity index (χ1n) is 7.53. The summed E-state index contributed by atoms with van der Waals surface area (Å²) in [7, 11) is 0. The van der Waals surface area contributed by atoms with E-state index in [2.05, 4.69) is 10.1 Å². The minimum absolute atomic E-state index is 0.189. The molecule has 1 fully saturated rings. The van der Waals surface area contributed by atoms with E-state index in [1.54, 1.807) is 0 Å². The van der Waals surface area contributed by atoms with Crippen molar-refractivity contribution in [1.29, 1.82) is 0 Å². The number of ether oxygens (including phenoxy) is 1. The molecule has 0 spiro atoms. The van der Waals surface area contributed by atoms with E-state index in [-0.39, 0.29) is 4.64 Å². The highest BCUT2D eigenvalue weighted by molar-refractivity contribution is 7.98. The molecule has 0 bridgehead atoms. The topological polar surface area (TPSA) is 121 Å². The quantitative estimate of drug-likeness (QED) is 0.427. The van der Waals surface area contributed by atoms with Gasteiger partial charge >= 0.3 is 5.69 Å². The minimum Gasteiger partial charge on any atom is -0.394 e. The first kappa shape index (κ1) is 18.2. The molecule has 0 saturated carbocycles. The number of aromatic nitrogens is 3. The summed E-state index contributed by atoms with van der Waals surface area (Å²) >= 11 is 6.48. The molecule has 4 atom stereocenters. The lowest BCUT2D eigenvalue weighted by atomic mass is 10.1. The first-order chi connectivity index (χ1) is 12.0. The lowest BCUT2D eigenvalue weighted by Crippen LogP contribution is -2.37. The van der Waals surface area contributed by atoms with Gasteiger partial charge in [-0.15, -0.1) is 0 Å². The molecule has 2 aromatic rings. The Labute approximate surface area is 152 Å². The van der Waals surface area contributed by atoms with E-state index in [4.69, 9.17) is 22.1 Å². The van der Waals surface area contributed by atoms with E-state index in [0.717, 1.165) is 10.2 Å². The number of hydrogen-bond acceptors (Lipinski definition) is 8. The summed E-state index contributed by atoms with van der Waals surface area (Å²) in [6.07, 6.45) is -4.90. The highest BCUT2D eigenvalue weighted by Crippen LogP contribution is 2.28. The number of H-pyrrole nitrogens is 1. The maximum atomic E-state index is 12.1. The summed E-state index contributed by atoms with van der Waals surface area (Å²) in [5.74, 6) is 0.597. The summed E-state index contributed by atoms with van der Waals surface area (Å²) in [6, 6.07) is 9.68. The van der Waals surface area contributed by atoms with Gasteiger partial charge in [-0.1, -0.05) is 54.3 Å². The van der Waals surface area contributed by atoms with Crippen molar-refractivity contribution in [3.05, 3.63) is 51.0 Å². The van der Waals surface area contributed by atoms with Crippen molar-refractivity contribution in [2.45, 2.75) is 35.3 Å². The lowest BCUT2D eigenvalue weighted by Gasteiger charge is -2.16. The van der Waals surface area contributed by atoms with Crippen molar-refractivity contribution in [3.8, 4) is 0 Å². The second-order valence-corrected chi connectivity index (χ2v) is 6.88. The summed E-state index contributed by atoms with van der Waals surface area (Å²) in [5, 5.41) is 33.7. The number of nitrogens with zero attached hydrogens (tertiary/aromatic N) is 2. The molecule has 1 aromatic carbocycles. The third-order valence-corrected chi connectivity index (χ3v) is 5.26. The number of nitrogens with one attached hydrogen (secondary N) is 1. The maximum absolute atomic E-state index is 12.1. The Hall–Kier alpha value is -1.56. The molecule has 0 aliphatic carbocycles. The van der Waals surface area contributed by atoms with Crippen molar-refractivity contribution in [2.75, 3.05) is 6.61 Å². The zero-order valence-corrected chi connectivity index (χ0v) is 14.6. The van der Waals surface area contributed by atoms with Crippen LogP contribution >= 0.6 is 24.0 Å². The zero-order chi connectivity index (χ0) is 18.0. The van der Waals surface area contributed by atoms with Crippen LogP contribution in [-0.2, 0) is 10.5 Å². The molecule has 0 radical (unpaired) electrons. The van der Waals surface area contributed by atoms with Crippen LogP contribution in [0.3, 0.4) is 0 Å². The number of benzene rings is 1. The van der Waals surface area contributed by atoms with E-state index >= 15 is 0 Å². The van der Waals surface area contributed by atoms with Gasteiger partial charge in [0.25, 0.3) is 0 Å². The van der Waals surface area contributed by atoms with Crippen LogP contribution in [0.25, 0.3) is 0 Å². The molecule has 8 nitrogen and oxygen atoms in total. The second kappa shape index (κ2) is 7.77. The van der Waals surface area contributed by atoms with Crippen LogP contribution in [0.1, 0.15) is 11.8 Å². The van der Waals surface area contributed by atoms with E-state index in [0.29, 0.717) is 10.8 Å². The Kier molecular flexibility index (Phi) is 5.67. The Balaban J connectivity index is 1.86. The van der Waals surface area contributed by atoms with Gasteiger partial charge in [0.15, 0.2) is 11.3 Å². The number of thioether (sulfide) groups is 1. The molecule has 134 valence electrons. The zero-order valence-electron chi connectivity index (χ0n) is 13.0. The summed E-state index contributed by atoms with van der Waals surface area (Å²) < 4.78 is 6.45. The molecular formula is C15H17N3O5S2. The fraction of sp³-hybridized carbons (Fsp3) is 0.400. The molecule has 1 aliphatic heterocycles. The average Bonchev–Trinajstić information content (AvgIpc) is 2.90. The number of aromatic amines is 1. The Morgan fingerprint density at radius 1 is 1.28 bits per heavy atom. The molecule has 4 N–H and O–H groups in total. The highest BCUT2D eigenvalue weighted by Gasteiger charge is 2.44. The normalized spacial score (nSPS) is 26.0. The fourth-order valence-electron chi connectivity index (χ4n) is 2.47. The number of rotatable bonds is 5. The van der Waals surface area contributed by atoms with E-state index in [1.165, 1.54) is 11.8 Å². The third-order valence-electron chi connectivity index (χ3n) is 3.80. The molecule has 2 heterocycles. The SMILES string of the molecule is O=c1[nH]c(=S)c(SCc2ccccc2)nn1[C@@H]1O[C@@H](CO)[C@@H](O)[C@@H]1O. The third kappa shape index (κ3) is 3.84. The molecular weight excluding hydrogens is 366 g/mol. The monoisotopic (exact) mass is 383 g/mol. The summed E-state index contributed by atoms with van der Waals surface area (Å²) in [6.45, 7) is -0.484. The van der Waals surface area contributed by atoms with Crippen LogP contribution in [0.15, 0.2) is 40.2 Å². The lowest BCUT2D eigenvalue weighted by molar-refractivity contribution is -0.0626. The molecule has 1 saturated heterocycles. The molecule has 0 amide bonds. The average molecular weight is 383 g/mol. The Bertz CT molecular complexity index is 841.